The van der Waals surface area contributed by atoms with Crippen LogP contribution in [0.3, 0.4) is 0 Å². The Bertz CT molecular complexity index is 742. The number of sulfonamides is 1. The Kier molecular flexibility index (Phi) is 7.61. The highest BCUT2D eigenvalue weighted by Crippen LogP contribution is 2.17. The number of hydrogen-bond donors (Lipinski definition) is 2. The molecule has 9 heteroatoms. The van der Waals surface area contributed by atoms with Gasteiger partial charge < -0.3 is 14.8 Å². The molecule has 0 spiro atoms. The highest BCUT2D eigenvalue weighted by atomic mass is 32.2. The average Bonchev–Trinajstić information content (AvgIpc) is 2.66. The van der Waals surface area contributed by atoms with Gasteiger partial charge in [0.1, 0.15) is 11.8 Å². The number of esters is 1. The number of carbonyl (C=O) groups is 2. The van der Waals surface area contributed by atoms with E-state index in [4.69, 9.17) is 9.47 Å². The molecule has 8 nitrogen and oxygen atoms in total. The van der Waals surface area contributed by atoms with Crippen molar-refractivity contribution >= 4 is 21.9 Å². The maximum atomic E-state index is 12.3. The van der Waals surface area contributed by atoms with Crippen LogP contribution in [0.25, 0.3) is 0 Å². The zero-order chi connectivity index (χ0) is 19.9. The normalized spacial score (nSPS) is 16.4. The Morgan fingerprint density at radius 3 is 2.37 bits per heavy atom. The van der Waals surface area contributed by atoms with Gasteiger partial charge in [-0.2, -0.15) is 4.72 Å². The molecule has 0 saturated heterocycles. The predicted octanol–water partition coefficient (Wildman–Crippen LogP) is 1.35. The van der Waals surface area contributed by atoms with Gasteiger partial charge >= 0.3 is 5.97 Å². The molecular formula is C18H26N2O6S. The number of ether oxygens (including phenoxy) is 2. The Hall–Kier alpha value is -2.13. The first-order valence-corrected chi connectivity index (χ1v) is 10.4. The van der Waals surface area contributed by atoms with Crippen molar-refractivity contribution in [2.45, 2.75) is 56.0 Å². The molecule has 0 heterocycles. The lowest BCUT2D eigenvalue weighted by Crippen LogP contribution is -2.42. The van der Waals surface area contributed by atoms with Crippen molar-refractivity contribution in [2.75, 3.05) is 13.7 Å². The molecule has 1 aliphatic rings. The minimum absolute atomic E-state index is 0.00186. The minimum atomic E-state index is -3.90. The number of benzene rings is 1. The molecule has 27 heavy (non-hydrogen) atoms. The van der Waals surface area contributed by atoms with Crippen LogP contribution >= 0.6 is 0 Å². The summed E-state index contributed by atoms with van der Waals surface area (Å²) in [5.41, 5.74) is 0. The van der Waals surface area contributed by atoms with E-state index in [9.17, 15) is 18.0 Å². The van der Waals surface area contributed by atoms with Crippen LogP contribution in [0, 0.1) is 0 Å². The quantitative estimate of drug-likeness (QED) is 0.640. The molecule has 1 saturated carbocycles. The Morgan fingerprint density at radius 1 is 1.15 bits per heavy atom. The number of carbonyl (C=O) groups excluding carboxylic acids is 2. The second-order valence-corrected chi connectivity index (χ2v) is 8.24. The highest BCUT2D eigenvalue weighted by molar-refractivity contribution is 7.89. The van der Waals surface area contributed by atoms with Gasteiger partial charge in [0.15, 0.2) is 6.61 Å². The molecule has 2 N–H and O–H groups in total. The van der Waals surface area contributed by atoms with Crippen molar-refractivity contribution < 1.29 is 27.5 Å². The maximum absolute atomic E-state index is 12.3. The maximum Gasteiger partial charge on any atom is 0.324 e. The SMILES string of the molecule is COc1ccc(S(=O)(=O)NC(C)C(=O)OCC(=O)NC2CCCCC2)cc1. The van der Waals surface area contributed by atoms with E-state index in [1.54, 1.807) is 0 Å². The predicted molar refractivity (Wildman–Crippen MR) is 98.8 cm³/mol. The lowest BCUT2D eigenvalue weighted by atomic mass is 9.95. The molecule has 0 aromatic heterocycles. The second kappa shape index (κ2) is 9.70. The molecule has 2 rings (SSSR count). The molecule has 1 amide bonds. The van der Waals surface area contributed by atoms with Crippen LogP contribution in [-0.2, 0) is 24.3 Å². The third-order valence-corrected chi connectivity index (χ3v) is 5.93. The zero-order valence-electron chi connectivity index (χ0n) is 15.6. The van der Waals surface area contributed by atoms with Gasteiger partial charge in [0, 0.05) is 6.04 Å². The van der Waals surface area contributed by atoms with Gasteiger partial charge in [-0.25, -0.2) is 8.42 Å². The third-order valence-electron chi connectivity index (χ3n) is 4.37. The second-order valence-electron chi connectivity index (χ2n) is 6.53. The molecule has 0 aliphatic heterocycles. The van der Waals surface area contributed by atoms with Gasteiger partial charge in [-0.05, 0) is 44.0 Å². The molecule has 1 aliphatic carbocycles. The van der Waals surface area contributed by atoms with Crippen molar-refractivity contribution in [1.29, 1.82) is 0 Å². The summed E-state index contributed by atoms with van der Waals surface area (Å²) in [7, 11) is -2.42. The summed E-state index contributed by atoms with van der Waals surface area (Å²) in [4.78, 5) is 23.9. The molecule has 1 aromatic carbocycles. The standard InChI is InChI=1S/C18H26N2O6S/c1-13(20-27(23,24)16-10-8-15(25-2)9-11-16)18(22)26-12-17(21)19-14-6-4-3-5-7-14/h8-11,13-14,20H,3-7,12H2,1-2H3,(H,19,21). The number of methoxy groups -OCH3 is 1. The zero-order valence-corrected chi connectivity index (χ0v) is 16.4. The van der Waals surface area contributed by atoms with E-state index in [1.165, 1.54) is 44.7 Å². The van der Waals surface area contributed by atoms with Crippen LogP contribution in [0.5, 0.6) is 5.75 Å². The van der Waals surface area contributed by atoms with E-state index < -0.39 is 28.6 Å². The summed E-state index contributed by atoms with van der Waals surface area (Å²) >= 11 is 0. The van der Waals surface area contributed by atoms with Gasteiger partial charge in [-0.1, -0.05) is 19.3 Å². The van der Waals surface area contributed by atoms with E-state index in [1.807, 2.05) is 0 Å². The summed E-state index contributed by atoms with van der Waals surface area (Å²) in [6.45, 7) is 0.937. The molecule has 1 fully saturated rings. The molecule has 1 unspecified atom stereocenters. The van der Waals surface area contributed by atoms with E-state index in [0.717, 1.165) is 25.7 Å². The number of hydrogen-bond acceptors (Lipinski definition) is 6. The van der Waals surface area contributed by atoms with E-state index in [0.29, 0.717) is 5.75 Å². The summed E-state index contributed by atoms with van der Waals surface area (Å²) in [6.07, 6.45) is 5.19. The fourth-order valence-electron chi connectivity index (χ4n) is 2.88. The fourth-order valence-corrected chi connectivity index (χ4v) is 4.07. The Balaban J connectivity index is 1.82. The molecule has 150 valence electrons. The number of nitrogens with one attached hydrogen (secondary N) is 2. The van der Waals surface area contributed by atoms with Crippen LogP contribution in [0.4, 0.5) is 0 Å². The minimum Gasteiger partial charge on any atom is -0.497 e. The van der Waals surface area contributed by atoms with E-state index in [2.05, 4.69) is 10.0 Å². The van der Waals surface area contributed by atoms with Crippen LogP contribution < -0.4 is 14.8 Å². The Morgan fingerprint density at radius 2 is 1.78 bits per heavy atom. The van der Waals surface area contributed by atoms with Gasteiger partial charge in [-0.15, -0.1) is 0 Å². The molecule has 0 bridgehead atoms. The fraction of sp³-hybridized carbons (Fsp3) is 0.556. The van der Waals surface area contributed by atoms with Crippen LogP contribution in [-0.4, -0.2) is 46.1 Å². The van der Waals surface area contributed by atoms with Gasteiger partial charge in [0.25, 0.3) is 5.91 Å². The molecule has 1 aromatic rings. The van der Waals surface area contributed by atoms with Gasteiger partial charge in [0.2, 0.25) is 10.0 Å². The van der Waals surface area contributed by atoms with Crippen molar-refractivity contribution in [1.82, 2.24) is 10.0 Å². The topological polar surface area (TPSA) is 111 Å². The molecule has 0 radical (unpaired) electrons. The summed E-state index contributed by atoms with van der Waals surface area (Å²) in [5, 5.41) is 2.83. The van der Waals surface area contributed by atoms with Crippen LogP contribution in [0.1, 0.15) is 39.0 Å². The van der Waals surface area contributed by atoms with E-state index >= 15 is 0 Å². The number of rotatable bonds is 8. The highest BCUT2D eigenvalue weighted by Gasteiger charge is 2.24. The van der Waals surface area contributed by atoms with Crippen molar-refractivity contribution in [3.8, 4) is 5.75 Å². The van der Waals surface area contributed by atoms with Crippen molar-refractivity contribution in [3.05, 3.63) is 24.3 Å². The van der Waals surface area contributed by atoms with Crippen molar-refractivity contribution in [2.24, 2.45) is 0 Å². The molecular weight excluding hydrogens is 372 g/mol. The largest absolute Gasteiger partial charge is 0.497 e. The first kappa shape index (κ1) is 21.2. The number of amides is 1. The lowest BCUT2D eigenvalue weighted by Gasteiger charge is -2.22. The first-order chi connectivity index (χ1) is 12.8. The first-order valence-electron chi connectivity index (χ1n) is 8.94. The molecule has 1 atom stereocenters. The van der Waals surface area contributed by atoms with Crippen molar-refractivity contribution in [3.63, 3.8) is 0 Å². The van der Waals surface area contributed by atoms with Gasteiger partial charge in [0.05, 0.1) is 12.0 Å². The lowest BCUT2D eigenvalue weighted by molar-refractivity contribution is -0.150. The Labute approximate surface area is 159 Å². The smallest absolute Gasteiger partial charge is 0.324 e. The van der Waals surface area contributed by atoms with E-state index in [-0.39, 0.29) is 16.8 Å². The third kappa shape index (κ3) is 6.51. The summed E-state index contributed by atoms with van der Waals surface area (Å²) in [5.74, 6) is -0.670. The monoisotopic (exact) mass is 398 g/mol. The summed E-state index contributed by atoms with van der Waals surface area (Å²) < 4.78 is 36.8. The average molecular weight is 398 g/mol. The summed E-state index contributed by atoms with van der Waals surface area (Å²) in [6, 6.07) is 4.75. The van der Waals surface area contributed by atoms with Crippen LogP contribution in [0.2, 0.25) is 0 Å². The van der Waals surface area contributed by atoms with Crippen LogP contribution in [0.15, 0.2) is 29.2 Å². The van der Waals surface area contributed by atoms with Gasteiger partial charge in [-0.3, -0.25) is 9.59 Å².